The average Bonchev–Trinajstić information content (AvgIpc) is 3.11. The summed E-state index contributed by atoms with van der Waals surface area (Å²) in [6.07, 6.45) is 1.50. The van der Waals surface area contributed by atoms with Crippen LogP contribution in [0.3, 0.4) is 0 Å². The molecule has 0 spiro atoms. The number of aromatic nitrogens is 1. The fourth-order valence-corrected chi connectivity index (χ4v) is 3.31. The Balaban J connectivity index is 1.65. The summed E-state index contributed by atoms with van der Waals surface area (Å²) < 4.78 is 5.49. The van der Waals surface area contributed by atoms with Gasteiger partial charge in [-0.25, -0.2) is 9.78 Å². The van der Waals surface area contributed by atoms with Crippen molar-refractivity contribution in [2.45, 2.75) is 18.6 Å². The van der Waals surface area contributed by atoms with E-state index < -0.39 is 6.10 Å². The molecule has 2 amide bonds. The van der Waals surface area contributed by atoms with E-state index in [1.54, 1.807) is 23.2 Å². The van der Waals surface area contributed by atoms with E-state index >= 15 is 0 Å². The van der Waals surface area contributed by atoms with Crippen LogP contribution in [0.1, 0.15) is 17.4 Å². The molecular weight excluding hydrogens is 314 g/mol. The van der Waals surface area contributed by atoms with Crippen molar-refractivity contribution >= 4 is 23.2 Å². The lowest BCUT2D eigenvalue weighted by Crippen LogP contribution is -2.50. The largest absolute Gasteiger partial charge is 0.387 e. The molecule has 0 unspecified atom stereocenters. The first-order valence-corrected chi connectivity index (χ1v) is 8.40. The van der Waals surface area contributed by atoms with E-state index in [4.69, 9.17) is 4.74 Å². The number of hydrogen-bond acceptors (Lipinski definition) is 5. The third-order valence-electron chi connectivity index (χ3n) is 3.76. The molecule has 0 saturated carbocycles. The van der Waals surface area contributed by atoms with Gasteiger partial charge in [0.2, 0.25) is 0 Å². The molecule has 6 nitrogen and oxygen atoms in total. The van der Waals surface area contributed by atoms with Gasteiger partial charge in [0, 0.05) is 24.0 Å². The molecular formula is C16H19N3O3S. The average molecular weight is 333 g/mol. The van der Waals surface area contributed by atoms with E-state index in [-0.39, 0.29) is 12.1 Å². The number of ether oxygens (including phenoxy) is 1. The standard InChI is InChI=1S/C16H19N3O3S/c20-13(14-4-3-9-23-14)10-12-11-22-8-7-19(12)16(21)18-15-5-1-2-6-17-15/h1-6,9,12-13,20H,7-8,10-11H2,(H,17,18,21)/t12-,13+/m0/s1. The van der Waals surface area contributed by atoms with E-state index in [1.807, 2.05) is 23.6 Å². The molecule has 0 radical (unpaired) electrons. The highest BCUT2D eigenvalue weighted by atomic mass is 32.1. The van der Waals surface area contributed by atoms with Crippen LogP contribution in [0, 0.1) is 0 Å². The van der Waals surface area contributed by atoms with Crippen molar-refractivity contribution in [3.63, 3.8) is 0 Å². The third-order valence-corrected chi connectivity index (χ3v) is 4.73. The van der Waals surface area contributed by atoms with E-state index in [9.17, 15) is 9.90 Å². The first-order chi connectivity index (χ1) is 11.2. The lowest BCUT2D eigenvalue weighted by Gasteiger charge is -2.36. The molecule has 2 N–H and O–H groups in total. The smallest absolute Gasteiger partial charge is 0.323 e. The molecule has 1 fully saturated rings. The summed E-state index contributed by atoms with van der Waals surface area (Å²) >= 11 is 1.51. The summed E-state index contributed by atoms with van der Waals surface area (Å²) in [4.78, 5) is 19.2. The van der Waals surface area contributed by atoms with Crippen molar-refractivity contribution in [1.29, 1.82) is 0 Å². The van der Waals surface area contributed by atoms with Gasteiger partial charge in [0.05, 0.1) is 25.4 Å². The molecule has 1 aliphatic heterocycles. The molecule has 2 atom stereocenters. The van der Waals surface area contributed by atoms with Crippen LogP contribution in [0.4, 0.5) is 10.6 Å². The topological polar surface area (TPSA) is 74.7 Å². The summed E-state index contributed by atoms with van der Waals surface area (Å²) in [5, 5.41) is 15.1. The van der Waals surface area contributed by atoms with Gasteiger partial charge in [-0.05, 0) is 23.6 Å². The Labute approximate surface area is 138 Å². The number of rotatable bonds is 4. The van der Waals surface area contributed by atoms with E-state index in [2.05, 4.69) is 10.3 Å². The Hall–Kier alpha value is -1.96. The van der Waals surface area contributed by atoms with Crippen molar-refractivity contribution < 1.29 is 14.6 Å². The van der Waals surface area contributed by atoms with Gasteiger partial charge in [-0.2, -0.15) is 0 Å². The van der Waals surface area contributed by atoms with E-state index in [1.165, 1.54) is 11.3 Å². The molecule has 0 aliphatic carbocycles. The molecule has 0 bridgehead atoms. The lowest BCUT2D eigenvalue weighted by atomic mass is 10.1. The zero-order valence-electron chi connectivity index (χ0n) is 12.6. The molecule has 7 heteroatoms. The molecule has 23 heavy (non-hydrogen) atoms. The summed E-state index contributed by atoms with van der Waals surface area (Å²) in [6, 6.07) is 8.79. The van der Waals surface area contributed by atoms with Crippen molar-refractivity contribution in [3.05, 3.63) is 46.8 Å². The number of thiophene rings is 1. The Kier molecular flexibility index (Phi) is 5.22. The number of hydrogen-bond donors (Lipinski definition) is 2. The number of aliphatic hydroxyl groups excluding tert-OH is 1. The second kappa shape index (κ2) is 7.54. The monoisotopic (exact) mass is 333 g/mol. The second-order valence-corrected chi connectivity index (χ2v) is 6.31. The molecule has 1 aliphatic rings. The molecule has 122 valence electrons. The Bertz CT molecular complexity index is 621. The summed E-state index contributed by atoms with van der Waals surface area (Å²) in [5.41, 5.74) is 0. The first-order valence-electron chi connectivity index (χ1n) is 7.52. The molecule has 3 heterocycles. The number of pyridine rings is 1. The number of morpholine rings is 1. The van der Waals surface area contributed by atoms with Gasteiger partial charge in [-0.3, -0.25) is 5.32 Å². The van der Waals surface area contributed by atoms with Crippen LogP contribution in [-0.4, -0.2) is 46.8 Å². The van der Waals surface area contributed by atoms with Gasteiger partial charge in [0.15, 0.2) is 0 Å². The zero-order valence-corrected chi connectivity index (χ0v) is 13.4. The van der Waals surface area contributed by atoms with Crippen LogP contribution in [0.2, 0.25) is 0 Å². The number of anilines is 1. The number of carbonyl (C=O) groups excluding carboxylic acids is 1. The van der Waals surface area contributed by atoms with Gasteiger partial charge < -0.3 is 14.7 Å². The zero-order chi connectivity index (χ0) is 16.1. The first kappa shape index (κ1) is 15.9. The summed E-state index contributed by atoms with van der Waals surface area (Å²) in [6.45, 7) is 1.43. The number of carbonyl (C=O) groups is 1. The fourth-order valence-electron chi connectivity index (χ4n) is 2.59. The maximum atomic E-state index is 12.5. The van der Waals surface area contributed by atoms with Crippen molar-refractivity contribution in [2.24, 2.45) is 0 Å². The lowest BCUT2D eigenvalue weighted by molar-refractivity contribution is -0.00384. The third kappa shape index (κ3) is 4.07. The number of amides is 2. The molecule has 3 rings (SSSR count). The van der Waals surface area contributed by atoms with Gasteiger partial charge >= 0.3 is 6.03 Å². The quantitative estimate of drug-likeness (QED) is 0.901. The van der Waals surface area contributed by atoms with Gasteiger partial charge in [-0.15, -0.1) is 11.3 Å². The highest BCUT2D eigenvalue weighted by Crippen LogP contribution is 2.26. The minimum Gasteiger partial charge on any atom is -0.387 e. The van der Waals surface area contributed by atoms with Gasteiger partial charge in [-0.1, -0.05) is 12.1 Å². The number of nitrogens with one attached hydrogen (secondary N) is 1. The van der Waals surface area contributed by atoms with Crippen molar-refractivity contribution in [3.8, 4) is 0 Å². The summed E-state index contributed by atoms with van der Waals surface area (Å²) in [5.74, 6) is 0.515. The Morgan fingerprint density at radius 2 is 2.39 bits per heavy atom. The van der Waals surface area contributed by atoms with Crippen LogP contribution in [0.25, 0.3) is 0 Å². The highest BCUT2D eigenvalue weighted by molar-refractivity contribution is 7.10. The Morgan fingerprint density at radius 3 is 3.13 bits per heavy atom. The second-order valence-electron chi connectivity index (χ2n) is 5.33. The predicted molar refractivity (Wildman–Crippen MR) is 88.5 cm³/mol. The van der Waals surface area contributed by atoms with Crippen LogP contribution in [-0.2, 0) is 4.74 Å². The highest BCUT2D eigenvalue weighted by Gasteiger charge is 2.30. The molecule has 2 aromatic rings. The predicted octanol–water partition coefficient (Wildman–Crippen LogP) is 2.50. The van der Waals surface area contributed by atoms with Crippen molar-refractivity contribution in [2.75, 3.05) is 25.1 Å². The molecule has 0 aromatic carbocycles. The molecule has 1 saturated heterocycles. The van der Waals surface area contributed by atoms with E-state index in [0.717, 1.165) is 4.88 Å². The maximum absolute atomic E-state index is 12.5. The maximum Gasteiger partial charge on any atom is 0.323 e. The van der Waals surface area contributed by atoms with Gasteiger partial charge in [0.25, 0.3) is 0 Å². The number of urea groups is 1. The van der Waals surface area contributed by atoms with Crippen molar-refractivity contribution in [1.82, 2.24) is 9.88 Å². The van der Waals surface area contributed by atoms with Gasteiger partial charge in [0.1, 0.15) is 5.82 Å². The van der Waals surface area contributed by atoms with Crippen LogP contribution < -0.4 is 5.32 Å². The van der Waals surface area contributed by atoms with Crippen LogP contribution in [0.5, 0.6) is 0 Å². The van der Waals surface area contributed by atoms with E-state index in [0.29, 0.717) is 32.0 Å². The van der Waals surface area contributed by atoms with Crippen LogP contribution in [0.15, 0.2) is 41.9 Å². The summed E-state index contributed by atoms with van der Waals surface area (Å²) in [7, 11) is 0. The SMILES string of the molecule is O=C(Nc1ccccn1)N1CCOC[C@@H]1C[C@@H](O)c1cccs1. The minimum absolute atomic E-state index is 0.162. The normalized spacial score (nSPS) is 19.3. The number of aliphatic hydroxyl groups is 1. The molecule has 2 aromatic heterocycles. The Morgan fingerprint density at radius 1 is 1.48 bits per heavy atom. The van der Waals surface area contributed by atoms with Crippen LogP contribution >= 0.6 is 11.3 Å². The fraction of sp³-hybridized carbons (Fsp3) is 0.375. The minimum atomic E-state index is -0.591. The number of nitrogens with zero attached hydrogens (tertiary/aromatic N) is 2.